The van der Waals surface area contributed by atoms with Crippen molar-refractivity contribution < 1.29 is 14.4 Å². The molecule has 0 saturated carbocycles. The normalized spacial score (nSPS) is 14.9. The van der Waals surface area contributed by atoms with Gasteiger partial charge < -0.3 is 19.9 Å². The Kier molecular flexibility index (Phi) is 6.12. The number of rotatable bonds is 6. The van der Waals surface area contributed by atoms with Gasteiger partial charge in [0.25, 0.3) is 0 Å². The lowest BCUT2D eigenvalue weighted by Crippen LogP contribution is -3.15. The van der Waals surface area contributed by atoms with Crippen molar-refractivity contribution in [2.75, 3.05) is 50.1 Å². The number of nitrogens with one attached hydrogen (secondary N) is 2. The maximum atomic E-state index is 12.2. The van der Waals surface area contributed by atoms with Crippen molar-refractivity contribution in [1.29, 1.82) is 0 Å². The molecule has 1 aliphatic rings. The number of benzene rings is 2. The summed E-state index contributed by atoms with van der Waals surface area (Å²) >= 11 is 0. The summed E-state index contributed by atoms with van der Waals surface area (Å²) in [6.07, 6.45) is 0.554. The van der Waals surface area contributed by atoms with Gasteiger partial charge in [-0.3, -0.25) is 4.79 Å². The highest BCUT2D eigenvalue weighted by Gasteiger charge is 2.22. The van der Waals surface area contributed by atoms with Crippen LogP contribution >= 0.6 is 0 Å². The number of anilines is 2. The van der Waals surface area contributed by atoms with Gasteiger partial charge in [-0.25, -0.2) is 0 Å². The van der Waals surface area contributed by atoms with Gasteiger partial charge in [-0.15, -0.1) is 0 Å². The molecule has 5 heteroatoms. The van der Waals surface area contributed by atoms with Gasteiger partial charge in [0.05, 0.1) is 51.9 Å². The summed E-state index contributed by atoms with van der Waals surface area (Å²) in [5.74, 6) is 1.02. The van der Waals surface area contributed by atoms with Crippen LogP contribution in [0.4, 0.5) is 11.4 Å². The Hall–Kier alpha value is -2.53. The molecule has 26 heavy (non-hydrogen) atoms. The van der Waals surface area contributed by atoms with Gasteiger partial charge in [0, 0.05) is 5.69 Å². The van der Waals surface area contributed by atoms with E-state index in [2.05, 4.69) is 16.3 Å². The maximum Gasteiger partial charge on any atom is 0.230 e. The summed E-state index contributed by atoms with van der Waals surface area (Å²) in [6.45, 7) is 6.94. The number of hydrogen-bond acceptors (Lipinski definition) is 3. The fourth-order valence-electron chi connectivity index (χ4n) is 3.44. The lowest BCUT2D eigenvalue weighted by molar-refractivity contribution is -0.900. The molecule has 5 nitrogen and oxygen atoms in total. The van der Waals surface area contributed by atoms with E-state index in [0.29, 0.717) is 6.42 Å². The first kappa shape index (κ1) is 18.3. The molecule has 1 aliphatic heterocycles. The Morgan fingerprint density at radius 3 is 2.65 bits per heavy atom. The van der Waals surface area contributed by atoms with Gasteiger partial charge in [0.15, 0.2) is 0 Å². The molecule has 2 aromatic carbocycles. The zero-order chi connectivity index (χ0) is 18.4. The summed E-state index contributed by atoms with van der Waals surface area (Å²) < 4.78 is 5.47. The molecule has 0 atom stereocenters. The van der Waals surface area contributed by atoms with E-state index in [0.717, 1.165) is 55.4 Å². The Balaban J connectivity index is 1.45. The molecule has 2 aromatic rings. The number of methoxy groups -OCH3 is 1. The first-order chi connectivity index (χ1) is 12.7. The van der Waals surface area contributed by atoms with E-state index in [-0.39, 0.29) is 5.91 Å². The molecule has 0 spiro atoms. The standard InChI is InChI=1S/C21H27N3O2/c1-17-6-5-7-18(16-17)22-21(25)10-11-23-12-14-24(15-13-23)19-8-3-4-9-20(19)26-2/h3-9,16H,10-15H2,1-2H3,(H,22,25)/p+1. The average molecular weight is 354 g/mol. The average Bonchev–Trinajstić information content (AvgIpc) is 2.67. The Morgan fingerprint density at radius 1 is 1.15 bits per heavy atom. The number of nitrogens with zero attached hydrogens (tertiary/aromatic N) is 1. The summed E-state index contributed by atoms with van der Waals surface area (Å²) in [5.41, 5.74) is 3.19. The molecule has 1 heterocycles. The zero-order valence-electron chi connectivity index (χ0n) is 15.6. The second kappa shape index (κ2) is 8.72. The van der Waals surface area contributed by atoms with Crippen molar-refractivity contribution in [2.45, 2.75) is 13.3 Å². The molecule has 2 N–H and O–H groups in total. The van der Waals surface area contributed by atoms with Crippen LogP contribution in [0.2, 0.25) is 0 Å². The van der Waals surface area contributed by atoms with Crippen LogP contribution < -0.4 is 19.9 Å². The Bertz CT molecular complexity index is 740. The van der Waals surface area contributed by atoms with Gasteiger partial charge in [-0.2, -0.15) is 0 Å². The SMILES string of the molecule is COc1ccccc1N1CC[NH+](CCC(=O)Nc2cccc(C)c2)CC1. The van der Waals surface area contributed by atoms with Crippen molar-refractivity contribution in [3.8, 4) is 5.75 Å². The van der Waals surface area contributed by atoms with Crippen molar-refractivity contribution in [2.24, 2.45) is 0 Å². The van der Waals surface area contributed by atoms with Crippen LogP contribution in [0, 0.1) is 6.92 Å². The molecule has 3 rings (SSSR count). The molecule has 138 valence electrons. The van der Waals surface area contributed by atoms with Crippen molar-refractivity contribution >= 4 is 17.3 Å². The number of ether oxygens (including phenoxy) is 1. The van der Waals surface area contributed by atoms with Crippen LogP contribution in [0.15, 0.2) is 48.5 Å². The largest absolute Gasteiger partial charge is 0.495 e. The van der Waals surface area contributed by atoms with E-state index in [1.165, 1.54) is 4.90 Å². The number of carbonyl (C=O) groups excluding carboxylic acids is 1. The van der Waals surface area contributed by atoms with E-state index in [4.69, 9.17) is 4.74 Å². The molecular weight excluding hydrogens is 326 g/mol. The fraction of sp³-hybridized carbons (Fsp3) is 0.381. The predicted octanol–water partition coefficient (Wildman–Crippen LogP) is 1.74. The van der Waals surface area contributed by atoms with Crippen LogP contribution in [0.1, 0.15) is 12.0 Å². The lowest BCUT2D eigenvalue weighted by atomic mass is 10.2. The quantitative estimate of drug-likeness (QED) is 0.831. The number of hydrogen-bond donors (Lipinski definition) is 2. The number of piperazine rings is 1. The summed E-state index contributed by atoms with van der Waals surface area (Å²) in [5, 5.41) is 2.99. The van der Waals surface area contributed by atoms with Crippen LogP contribution in [0.3, 0.4) is 0 Å². The van der Waals surface area contributed by atoms with Crippen molar-refractivity contribution in [1.82, 2.24) is 0 Å². The maximum absolute atomic E-state index is 12.2. The number of carbonyl (C=O) groups is 1. The molecule has 1 fully saturated rings. The van der Waals surface area contributed by atoms with Crippen LogP contribution in [-0.2, 0) is 4.79 Å². The number of quaternary nitrogens is 1. The molecule has 0 radical (unpaired) electrons. The smallest absolute Gasteiger partial charge is 0.230 e. The lowest BCUT2D eigenvalue weighted by Gasteiger charge is -2.34. The van der Waals surface area contributed by atoms with Gasteiger partial charge in [0.1, 0.15) is 5.75 Å². The highest BCUT2D eigenvalue weighted by molar-refractivity contribution is 5.90. The highest BCUT2D eigenvalue weighted by Crippen LogP contribution is 2.27. The Labute approximate surface area is 155 Å². The molecule has 1 amide bonds. The van der Waals surface area contributed by atoms with Gasteiger partial charge >= 0.3 is 0 Å². The molecule has 0 bridgehead atoms. The first-order valence-corrected chi connectivity index (χ1v) is 9.24. The van der Waals surface area contributed by atoms with E-state index >= 15 is 0 Å². The predicted molar refractivity (Wildman–Crippen MR) is 105 cm³/mol. The minimum absolute atomic E-state index is 0.0928. The molecule has 0 unspecified atom stereocenters. The Morgan fingerprint density at radius 2 is 1.92 bits per heavy atom. The van der Waals surface area contributed by atoms with Crippen LogP contribution in [-0.4, -0.2) is 45.7 Å². The minimum atomic E-state index is 0.0928. The van der Waals surface area contributed by atoms with E-state index < -0.39 is 0 Å². The molecule has 0 aliphatic carbocycles. The topological polar surface area (TPSA) is 46.0 Å². The molecule has 0 aromatic heterocycles. The van der Waals surface area contributed by atoms with Crippen molar-refractivity contribution in [3.63, 3.8) is 0 Å². The number of para-hydroxylation sites is 2. The van der Waals surface area contributed by atoms with Crippen LogP contribution in [0.5, 0.6) is 5.75 Å². The summed E-state index contributed by atoms with van der Waals surface area (Å²) in [4.78, 5) is 16.0. The third-order valence-electron chi connectivity index (χ3n) is 4.90. The van der Waals surface area contributed by atoms with Crippen molar-refractivity contribution in [3.05, 3.63) is 54.1 Å². The zero-order valence-corrected chi connectivity index (χ0v) is 15.6. The highest BCUT2D eigenvalue weighted by atomic mass is 16.5. The first-order valence-electron chi connectivity index (χ1n) is 9.24. The molecule has 1 saturated heterocycles. The summed E-state index contributed by atoms with van der Waals surface area (Å²) in [7, 11) is 1.72. The second-order valence-corrected chi connectivity index (χ2v) is 6.83. The fourth-order valence-corrected chi connectivity index (χ4v) is 3.44. The third kappa shape index (κ3) is 4.76. The van der Waals surface area contributed by atoms with E-state index in [1.807, 2.05) is 49.4 Å². The van der Waals surface area contributed by atoms with E-state index in [9.17, 15) is 4.79 Å². The number of amides is 1. The van der Waals surface area contributed by atoms with Crippen LogP contribution in [0.25, 0.3) is 0 Å². The number of aryl methyl sites for hydroxylation is 1. The third-order valence-corrected chi connectivity index (χ3v) is 4.90. The second-order valence-electron chi connectivity index (χ2n) is 6.83. The van der Waals surface area contributed by atoms with Gasteiger partial charge in [-0.05, 0) is 36.8 Å². The van der Waals surface area contributed by atoms with Gasteiger partial charge in [0.2, 0.25) is 5.91 Å². The summed E-state index contributed by atoms with van der Waals surface area (Å²) in [6, 6.07) is 16.1. The molecular formula is C21H28N3O2+. The monoisotopic (exact) mass is 354 g/mol. The minimum Gasteiger partial charge on any atom is -0.495 e. The van der Waals surface area contributed by atoms with E-state index in [1.54, 1.807) is 7.11 Å². The van der Waals surface area contributed by atoms with Gasteiger partial charge in [-0.1, -0.05) is 24.3 Å².